The second-order valence-electron chi connectivity index (χ2n) is 4.98. The molecule has 4 nitrogen and oxygen atoms in total. The van der Waals surface area contributed by atoms with Gasteiger partial charge >= 0.3 is 11.9 Å². The third kappa shape index (κ3) is 0.949. The molecule has 0 aromatic heterocycles. The molecule has 0 radical (unpaired) electrons. The van der Waals surface area contributed by atoms with Crippen LogP contribution in [0.4, 0.5) is 0 Å². The molecular formula is C11H12Br2O4. The van der Waals surface area contributed by atoms with Gasteiger partial charge in [0.2, 0.25) is 0 Å². The lowest BCUT2D eigenvalue weighted by Crippen LogP contribution is -2.47. The molecule has 0 heterocycles. The molecule has 4 aliphatic carbocycles. The van der Waals surface area contributed by atoms with E-state index in [4.69, 9.17) is 9.47 Å². The molecule has 6 heteroatoms. The van der Waals surface area contributed by atoms with Crippen molar-refractivity contribution in [1.29, 1.82) is 0 Å². The van der Waals surface area contributed by atoms with Crippen LogP contribution in [0.5, 0.6) is 0 Å². The number of ether oxygens (including phenoxy) is 2. The fourth-order valence-corrected chi connectivity index (χ4v) is 7.33. The molecule has 0 spiro atoms. The van der Waals surface area contributed by atoms with Crippen molar-refractivity contribution in [2.75, 3.05) is 14.2 Å². The first-order valence-electron chi connectivity index (χ1n) is 5.47. The summed E-state index contributed by atoms with van der Waals surface area (Å²) in [5.74, 6) is -0.121. The van der Waals surface area contributed by atoms with Crippen LogP contribution < -0.4 is 0 Å². The smallest absolute Gasteiger partial charge is 0.324 e. The summed E-state index contributed by atoms with van der Waals surface area (Å²) in [6.45, 7) is 0. The standard InChI is InChI=1S/C11H12Br2O4/c1-16-8(14)10-4-3-5(7(12)6(4)10)11(10,13)9(15)17-2/h4-7H,3H2,1-2H3/t4-,5+,6-,7-,10+,11-/m1/s1. The highest BCUT2D eigenvalue weighted by Crippen LogP contribution is 2.86. The fourth-order valence-electron chi connectivity index (χ4n) is 4.22. The Balaban J connectivity index is 2.11. The quantitative estimate of drug-likeness (QED) is 0.548. The molecule has 0 amide bonds. The molecular weight excluding hydrogens is 356 g/mol. The van der Waals surface area contributed by atoms with Crippen LogP contribution in [0.1, 0.15) is 6.42 Å². The third-order valence-electron chi connectivity index (χ3n) is 4.79. The SMILES string of the molecule is COC(=O)[C@@]12[C@H]3[C@H](Br)[C@H](C[C@H]31)[C@@]2(Br)C(=O)OC. The summed E-state index contributed by atoms with van der Waals surface area (Å²) in [5, 5.41) is 0. The second kappa shape index (κ2) is 3.26. The van der Waals surface area contributed by atoms with Crippen LogP contribution in [-0.2, 0) is 19.1 Å². The first-order valence-corrected chi connectivity index (χ1v) is 7.18. The molecule has 4 rings (SSSR count). The zero-order valence-electron chi connectivity index (χ0n) is 9.41. The maximum atomic E-state index is 12.1. The Labute approximate surface area is 116 Å². The second-order valence-corrected chi connectivity index (χ2v) is 7.29. The topological polar surface area (TPSA) is 52.6 Å². The number of esters is 2. The maximum absolute atomic E-state index is 12.1. The number of hydrogen-bond donors (Lipinski definition) is 0. The number of halogens is 2. The fraction of sp³-hybridized carbons (Fsp3) is 0.818. The van der Waals surface area contributed by atoms with Crippen LogP contribution in [0.25, 0.3) is 0 Å². The van der Waals surface area contributed by atoms with Gasteiger partial charge in [-0.3, -0.25) is 9.59 Å². The van der Waals surface area contributed by atoms with Crippen LogP contribution in [0.2, 0.25) is 0 Å². The van der Waals surface area contributed by atoms with E-state index in [1.54, 1.807) is 0 Å². The van der Waals surface area contributed by atoms with Gasteiger partial charge in [-0.15, -0.1) is 0 Å². The Bertz CT molecular complexity index is 410. The van der Waals surface area contributed by atoms with E-state index in [0.717, 1.165) is 6.42 Å². The maximum Gasteiger partial charge on any atom is 0.324 e. The summed E-state index contributed by atoms with van der Waals surface area (Å²) in [6, 6.07) is 0. The highest BCUT2D eigenvalue weighted by molar-refractivity contribution is 9.10. The van der Waals surface area contributed by atoms with Gasteiger partial charge in [-0.2, -0.15) is 0 Å². The van der Waals surface area contributed by atoms with Crippen molar-refractivity contribution < 1.29 is 19.1 Å². The largest absolute Gasteiger partial charge is 0.469 e. The minimum Gasteiger partial charge on any atom is -0.469 e. The molecule has 6 atom stereocenters. The van der Waals surface area contributed by atoms with E-state index in [-0.39, 0.29) is 34.5 Å². The molecule has 0 saturated heterocycles. The van der Waals surface area contributed by atoms with Crippen molar-refractivity contribution in [3.8, 4) is 0 Å². The molecule has 4 aliphatic rings. The van der Waals surface area contributed by atoms with Crippen LogP contribution in [-0.4, -0.2) is 35.3 Å². The Morgan fingerprint density at radius 2 is 1.76 bits per heavy atom. The Hall–Kier alpha value is -0.100. The number of methoxy groups -OCH3 is 2. The molecule has 94 valence electrons. The van der Waals surface area contributed by atoms with E-state index in [1.165, 1.54) is 14.2 Å². The molecule has 4 bridgehead atoms. The summed E-state index contributed by atoms with van der Waals surface area (Å²) >= 11 is 7.13. The van der Waals surface area contributed by atoms with Crippen LogP contribution >= 0.6 is 31.9 Å². The van der Waals surface area contributed by atoms with Crippen molar-refractivity contribution in [3.05, 3.63) is 0 Å². The van der Waals surface area contributed by atoms with Gasteiger partial charge in [0.25, 0.3) is 0 Å². The van der Waals surface area contributed by atoms with Crippen molar-refractivity contribution in [2.45, 2.75) is 15.6 Å². The van der Waals surface area contributed by atoms with Gasteiger partial charge in [0.05, 0.1) is 14.2 Å². The Morgan fingerprint density at radius 3 is 2.18 bits per heavy atom. The molecule has 0 aliphatic heterocycles. The predicted octanol–water partition coefficient (Wildman–Crippen LogP) is 1.50. The van der Waals surface area contributed by atoms with Gasteiger partial charge in [0.15, 0.2) is 0 Å². The number of alkyl halides is 2. The normalized spacial score (nSPS) is 53.4. The summed E-state index contributed by atoms with van der Waals surface area (Å²) in [7, 11) is 2.72. The van der Waals surface area contributed by atoms with E-state index in [9.17, 15) is 9.59 Å². The number of carbonyl (C=O) groups is 2. The van der Waals surface area contributed by atoms with Gasteiger partial charge in [-0.1, -0.05) is 31.9 Å². The van der Waals surface area contributed by atoms with E-state index in [0.29, 0.717) is 0 Å². The Morgan fingerprint density at radius 1 is 1.18 bits per heavy atom. The predicted molar refractivity (Wildman–Crippen MR) is 65.9 cm³/mol. The summed E-state index contributed by atoms with van der Waals surface area (Å²) in [4.78, 5) is 24.4. The van der Waals surface area contributed by atoms with E-state index in [2.05, 4.69) is 31.9 Å². The first kappa shape index (κ1) is 12.0. The summed E-state index contributed by atoms with van der Waals surface area (Å²) < 4.78 is 8.89. The van der Waals surface area contributed by atoms with Crippen molar-refractivity contribution >= 4 is 43.8 Å². The number of rotatable bonds is 2. The lowest BCUT2D eigenvalue weighted by Gasteiger charge is -2.29. The number of carbonyl (C=O) groups excluding carboxylic acids is 2. The molecule has 4 fully saturated rings. The molecule has 17 heavy (non-hydrogen) atoms. The monoisotopic (exact) mass is 366 g/mol. The van der Waals surface area contributed by atoms with Crippen LogP contribution in [0.3, 0.4) is 0 Å². The van der Waals surface area contributed by atoms with E-state index in [1.807, 2.05) is 0 Å². The summed E-state index contributed by atoms with van der Waals surface area (Å²) in [6.07, 6.45) is 0.871. The summed E-state index contributed by atoms with van der Waals surface area (Å²) in [5.41, 5.74) is -0.715. The van der Waals surface area contributed by atoms with Gasteiger partial charge < -0.3 is 9.47 Å². The minimum atomic E-state index is -0.911. The highest BCUT2D eigenvalue weighted by Gasteiger charge is 2.94. The van der Waals surface area contributed by atoms with Crippen molar-refractivity contribution in [3.63, 3.8) is 0 Å². The zero-order valence-corrected chi connectivity index (χ0v) is 12.6. The van der Waals surface area contributed by atoms with Gasteiger partial charge in [0.1, 0.15) is 9.74 Å². The van der Waals surface area contributed by atoms with Crippen LogP contribution in [0.15, 0.2) is 0 Å². The van der Waals surface area contributed by atoms with Gasteiger partial charge in [-0.05, 0) is 24.2 Å². The lowest BCUT2D eigenvalue weighted by atomic mass is 9.89. The molecule has 0 N–H and O–H groups in total. The average molecular weight is 368 g/mol. The Kier molecular flexibility index (Phi) is 2.29. The van der Waals surface area contributed by atoms with Crippen molar-refractivity contribution in [1.82, 2.24) is 0 Å². The highest BCUT2D eigenvalue weighted by atomic mass is 79.9. The lowest BCUT2D eigenvalue weighted by molar-refractivity contribution is -0.156. The minimum absolute atomic E-state index is 0.101. The molecule has 4 saturated carbocycles. The van der Waals surface area contributed by atoms with Gasteiger partial charge in [-0.25, -0.2) is 0 Å². The van der Waals surface area contributed by atoms with E-state index >= 15 is 0 Å². The van der Waals surface area contributed by atoms with Crippen molar-refractivity contribution in [2.24, 2.45) is 23.2 Å². The van der Waals surface area contributed by atoms with Crippen LogP contribution in [0, 0.1) is 23.2 Å². The zero-order chi connectivity index (χ0) is 12.6. The third-order valence-corrected chi connectivity index (χ3v) is 7.56. The average Bonchev–Trinajstić information content (AvgIpc) is 2.69. The van der Waals surface area contributed by atoms with Gasteiger partial charge in [0, 0.05) is 4.83 Å². The van der Waals surface area contributed by atoms with E-state index < -0.39 is 9.74 Å². The number of hydrogen-bond acceptors (Lipinski definition) is 4. The molecule has 0 aromatic rings. The first-order chi connectivity index (χ1) is 7.97. The molecule has 0 aromatic carbocycles. The molecule has 0 unspecified atom stereocenters.